The Balaban J connectivity index is 2.08. The minimum Gasteiger partial charge on any atom is -0.370 e. The molecule has 0 atom stereocenters. The zero-order valence-electron chi connectivity index (χ0n) is 7.64. The molecular weight excluding hydrogens is 184 g/mol. The summed E-state index contributed by atoms with van der Waals surface area (Å²) >= 11 is 0. The number of amides is 1. The third-order valence-electron chi connectivity index (χ3n) is 1.38. The van der Waals surface area contributed by atoms with Crippen LogP contribution in [0.3, 0.4) is 0 Å². The number of carbonyl (C=O) groups excluding carboxylic acids is 1. The highest BCUT2D eigenvalue weighted by Gasteiger charge is 1.94. The first-order valence-corrected chi connectivity index (χ1v) is 4.15. The maximum Gasteiger partial charge on any atom is 0.243 e. The molecule has 1 rings (SSSR count). The first-order chi connectivity index (χ1) is 6.79. The SMILES string of the molecule is NC(=O)COCCNc1ccncn1. The van der Waals surface area contributed by atoms with Crippen LogP contribution in [0.4, 0.5) is 5.82 Å². The molecule has 0 aliphatic carbocycles. The van der Waals surface area contributed by atoms with E-state index in [0.717, 1.165) is 5.82 Å². The number of aromatic nitrogens is 2. The van der Waals surface area contributed by atoms with E-state index in [2.05, 4.69) is 15.3 Å². The lowest BCUT2D eigenvalue weighted by Gasteiger charge is -2.04. The summed E-state index contributed by atoms with van der Waals surface area (Å²) in [5.74, 6) is 0.259. The van der Waals surface area contributed by atoms with Gasteiger partial charge in [-0.15, -0.1) is 0 Å². The van der Waals surface area contributed by atoms with Crippen LogP contribution in [0.15, 0.2) is 18.6 Å². The van der Waals surface area contributed by atoms with Crippen molar-refractivity contribution in [2.24, 2.45) is 5.73 Å². The van der Waals surface area contributed by atoms with E-state index in [9.17, 15) is 4.79 Å². The standard InChI is InChI=1S/C8H12N4O2/c9-7(13)5-14-4-3-11-8-1-2-10-6-12-8/h1-2,6H,3-5H2,(H2,9,13)(H,10,11,12). The number of carbonyl (C=O) groups is 1. The largest absolute Gasteiger partial charge is 0.370 e. The summed E-state index contributed by atoms with van der Waals surface area (Å²) in [5.41, 5.74) is 4.88. The molecule has 6 heteroatoms. The smallest absolute Gasteiger partial charge is 0.243 e. The summed E-state index contributed by atoms with van der Waals surface area (Å²) in [6.07, 6.45) is 3.09. The highest BCUT2D eigenvalue weighted by Crippen LogP contribution is 1.95. The van der Waals surface area contributed by atoms with Crippen LogP contribution in [0.2, 0.25) is 0 Å². The van der Waals surface area contributed by atoms with E-state index in [1.54, 1.807) is 12.3 Å². The Morgan fingerprint density at radius 3 is 3.14 bits per heavy atom. The predicted molar refractivity (Wildman–Crippen MR) is 50.5 cm³/mol. The minimum absolute atomic E-state index is 0.0501. The van der Waals surface area contributed by atoms with E-state index >= 15 is 0 Å². The topological polar surface area (TPSA) is 90.1 Å². The van der Waals surface area contributed by atoms with Gasteiger partial charge in [0.05, 0.1) is 6.61 Å². The molecule has 0 aromatic carbocycles. The lowest BCUT2D eigenvalue weighted by atomic mass is 10.5. The summed E-state index contributed by atoms with van der Waals surface area (Å²) in [6.45, 7) is 0.933. The average Bonchev–Trinajstić information content (AvgIpc) is 2.18. The second kappa shape index (κ2) is 5.87. The van der Waals surface area contributed by atoms with Gasteiger partial charge in [0.25, 0.3) is 0 Å². The van der Waals surface area contributed by atoms with E-state index in [0.29, 0.717) is 13.2 Å². The molecule has 1 amide bonds. The Morgan fingerprint density at radius 2 is 2.50 bits per heavy atom. The van der Waals surface area contributed by atoms with Crippen molar-refractivity contribution < 1.29 is 9.53 Å². The van der Waals surface area contributed by atoms with Crippen LogP contribution in [0, 0.1) is 0 Å². The van der Waals surface area contributed by atoms with Crippen molar-refractivity contribution in [3.05, 3.63) is 18.6 Å². The van der Waals surface area contributed by atoms with Crippen LogP contribution in [0.5, 0.6) is 0 Å². The maximum absolute atomic E-state index is 10.3. The molecule has 1 aromatic heterocycles. The van der Waals surface area contributed by atoms with Crippen molar-refractivity contribution in [3.63, 3.8) is 0 Å². The number of nitrogens with one attached hydrogen (secondary N) is 1. The second-order valence-corrected chi connectivity index (χ2v) is 2.54. The molecule has 0 radical (unpaired) electrons. The second-order valence-electron chi connectivity index (χ2n) is 2.54. The molecule has 1 aromatic rings. The van der Waals surface area contributed by atoms with Crippen molar-refractivity contribution in [1.29, 1.82) is 0 Å². The number of hydrogen-bond donors (Lipinski definition) is 2. The molecule has 0 saturated heterocycles. The molecule has 76 valence electrons. The number of ether oxygens (including phenoxy) is 1. The molecule has 0 unspecified atom stereocenters. The van der Waals surface area contributed by atoms with Gasteiger partial charge in [-0.3, -0.25) is 4.79 Å². The van der Waals surface area contributed by atoms with Crippen LogP contribution in [-0.2, 0) is 9.53 Å². The van der Waals surface area contributed by atoms with E-state index in [1.165, 1.54) is 6.33 Å². The first kappa shape index (κ1) is 10.4. The molecular formula is C8H12N4O2. The van der Waals surface area contributed by atoms with Crippen LogP contribution < -0.4 is 11.1 Å². The summed E-state index contributed by atoms with van der Waals surface area (Å²) < 4.78 is 4.94. The molecule has 1 heterocycles. The number of hydrogen-bond acceptors (Lipinski definition) is 5. The Hall–Kier alpha value is -1.69. The van der Waals surface area contributed by atoms with Crippen molar-refractivity contribution in [2.45, 2.75) is 0 Å². The number of nitrogens with two attached hydrogens (primary N) is 1. The van der Waals surface area contributed by atoms with Crippen LogP contribution in [0.1, 0.15) is 0 Å². The quantitative estimate of drug-likeness (QED) is 0.592. The first-order valence-electron chi connectivity index (χ1n) is 4.15. The van der Waals surface area contributed by atoms with Crippen molar-refractivity contribution >= 4 is 11.7 Å². The summed E-state index contributed by atoms with van der Waals surface area (Å²) in [4.78, 5) is 18.0. The summed E-state index contributed by atoms with van der Waals surface area (Å²) in [6, 6.07) is 1.74. The van der Waals surface area contributed by atoms with Gasteiger partial charge in [-0.2, -0.15) is 0 Å². The lowest BCUT2D eigenvalue weighted by molar-refractivity contribution is -0.122. The van der Waals surface area contributed by atoms with E-state index in [-0.39, 0.29) is 6.61 Å². The van der Waals surface area contributed by atoms with Gasteiger partial charge in [0.2, 0.25) is 5.91 Å². The molecule has 0 spiro atoms. The van der Waals surface area contributed by atoms with Gasteiger partial charge in [-0.25, -0.2) is 9.97 Å². The van der Waals surface area contributed by atoms with Gasteiger partial charge < -0.3 is 15.8 Å². The monoisotopic (exact) mass is 196 g/mol. The fraction of sp³-hybridized carbons (Fsp3) is 0.375. The van der Waals surface area contributed by atoms with E-state index in [4.69, 9.17) is 10.5 Å². The van der Waals surface area contributed by atoms with Crippen molar-refractivity contribution in [2.75, 3.05) is 25.1 Å². The Labute approximate surface area is 81.5 Å². The zero-order chi connectivity index (χ0) is 10.2. The molecule has 0 saturated carbocycles. The van der Waals surface area contributed by atoms with E-state index in [1.807, 2.05) is 0 Å². The lowest BCUT2D eigenvalue weighted by Crippen LogP contribution is -2.20. The van der Waals surface area contributed by atoms with Gasteiger partial charge >= 0.3 is 0 Å². The van der Waals surface area contributed by atoms with Crippen LogP contribution >= 0.6 is 0 Å². The highest BCUT2D eigenvalue weighted by molar-refractivity contribution is 5.74. The molecule has 0 aliphatic heterocycles. The normalized spacial score (nSPS) is 9.71. The molecule has 0 aliphatic rings. The van der Waals surface area contributed by atoms with Gasteiger partial charge in [-0.05, 0) is 6.07 Å². The number of primary amides is 1. The van der Waals surface area contributed by atoms with E-state index < -0.39 is 5.91 Å². The zero-order valence-corrected chi connectivity index (χ0v) is 7.64. The van der Waals surface area contributed by atoms with Gasteiger partial charge in [0.15, 0.2) is 0 Å². The third kappa shape index (κ3) is 4.36. The van der Waals surface area contributed by atoms with Gasteiger partial charge in [0, 0.05) is 12.7 Å². The Kier molecular flexibility index (Phi) is 4.36. The fourth-order valence-electron chi connectivity index (χ4n) is 0.819. The van der Waals surface area contributed by atoms with Crippen LogP contribution in [-0.4, -0.2) is 35.6 Å². The van der Waals surface area contributed by atoms with Crippen LogP contribution in [0.25, 0.3) is 0 Å². The summed E-state index contributed by atoms with van der Waals surface area (Å²) in [7, 11) is 0. The Bertz CT molecular complexity index is 278. The third-order valence-corrected chi connectivity index (χ3v) is 1.38. The number of nitrogens with zero attached hydrogens (tertiary/aromatic N) is 2. The number of anilines is 1. The molecule has 0 fully saturated rings. The highest BCUT2D eigenvalue weighted by atomic mass is 16.5. The summed E-state index contributed by atoms with van der Waals surface area (Å²) in [5, 5.41) is 2.99. The fourth-order valence-corrected chi connectivity index (χ4v) is 0.819. The molecule has 3 N–H and O–H groups in total. The minimum atomic E-state index is -0.466. The average molecular weight is 196 g/mol. The molecule has 0 bridgehead atoms. The van der Waals surface area contributed by atoms with Gasteiger partial charge in [-0.1, -0.05) is 0 Å². The Morgan fingerprint density at radius 1 is 1.64 bits per heavy atom. The van der Waals surface area contributed by atoms with Crippen molar-refractivity contribution in [3.8, 4) is 0 Å². The molecule has 6 nitrogen and oxygen atoms in total. The molecule has 14 heavy (non-hydrogen) atoms. The number of rotatable bonds is 6. The van der Waals surface area contributed by atoms with Gasteiger partial charge in [0.1, 0.15) is 18.8 Å². The maximum atomic E-state index is 10.3. The predicted octanol–water partition coefficient (Wildman–Crippen LogP) is -0.610. The van der Waals surface area contributed by atoms with Crippen molar-refractivity contribution in [1.82, 2.24) is 9.97 Å².